The third-order valence-corrected chi connectivity index (χ3v) is 7.49. The van der Waals surface area contributed by atoms with Crippen molar-refractivity contribution in [1.82, 2.24) is 0 Å². The van der Waals surface area contributed by atoms with Gasteiger partial charge < -0.3 is 33.8 Å². The molecule has 11 nitrogen and oxygen atoms in total. The van der Waals surface area contributed by atoms with Gasteiger partial charge in [0.1, 0.15) is 17.8 Å². The topological polar surface area (TPSA) is 151 Å². The van der Waals surface area contributed by atoms with Crippen LogP contribution >= 0.6 is 0 Å². The summed E-state index contributed by atoms with van der Waals surface area (Å²) in [7, 11) is 0. The van der Waals surface area contributed by atoms with Crippen molar-refractivity contribution in [1.29, 1.82) is 0 Å². The number of fused-ring (bicyclic) bond motifs is 1. The molecule has 0 bridgehead atoms. The van der Waals surface area contributed by atoms with Gasteiger partial charge in [0.15, 0.2) is 6.10 Å². The Kier molecular flexibility index (Phi) is 9.37. The summed E-state index contributed by atoms with van der Waals surface area (Å²) in [4.78, 5) is 51.5. The first-order valence-corrected chi connectivity index (χ1v) is 14.7. The third-order valence-electron chi connectivity index (χ3n) is 7.49. The van der Waals surface area contributed by atoms with Crippen molar-refractivity contribution >= 4 is 34.6 Å². The largest absolute Gasteiger partial charge is 0.452 e. The molecular weight excluding hydrogens is 606 g/mol. The van der Waals surface area contributed by atoms with Crippen LogP contribution in [0.25, 0.3) is 11.0 Å². The molecule has 11 heteroatoms. The monoisotopic (exact) mass is 635 g/mol. The van der Waals surface area contributed by atoms with Crippen LogP contribution < -0.4 is 10.9 Å². The van der Waals surface area contributed by atoms with Crippen LogP contribution in [0.15, 0.2) is 131 Å². The molecular formula is C36H29NO10. The molecule has 47 heavy (non-hydrogen) atoms. The van der Waals surface area contributed by atoms with E-state index in [2.05, 4.69) is 5.32 Å². The highest BCUT2D eigenvalue weighted by Gasteiger charge is 2.51. The van der Waals surface area contributed by atoms with Gasteiger partial charge in [-0.25, -0.2) is 19.2 Å². The lowest BCUT2D eigenvalue weighted by molar-refractivity contribution is -0.275. The van der Waals surface area contributed by atoms with Crippen LogP contribution in [0, 0.1) is 0 Å². The molecule has 1 aliphatic heterocycles. The van der Waals surface area contributed by atoms with E-state index in [-0.39, 0.29) is 23.2 Å². The Morgan fingerprint density at radius 1 is 0.660 bits per heavy atom. The van der Waals surface area contributed by atoms with E-state index < -0.39 is 54.2 Å². The number of aliphatic hydroxyl groups excluding tert-OH is 1. The first kappa shape index (κ1) is 31.2. The van der Waals surface area contributed by atoms with E-state index >= 15 is 0 Å². The normalized spacial score (nSPS) is 20.6. The maximum Gasteiger partial charge on any atom is 0.340 e. The molecule has 6 rings (SSSR count). The van der Waals surface area contributed by atoms with Crippen molar-refractivity contribution in [3.8, 4) is 0 Å². The van der Waals surface area contributed by atoms with Gasteiger partial charge in [0.2, 0.25) is 12.4 Å². The summed E-state index contributed by atoms with van der Waals surface area (Å²) in [6.07, 6.45) is -7.41. The Balaban J connectivity index is 1.32. The zero-order chi connectivity index (χ0) is 32.8. The number of hydrogen-bond donors (Lipinski definition) is 2. The van der Waals surface area contributed by atoms with Gasteiger partial charge in [-0.05, 0) is 54.6 Å². The van der Waals surface area contributed by atoms with Gasteiger partial charge in [0.25, 0.3) is 0 Å². The van der Waals surface area contributed by atoms with Crippen LogP contribution in [0.3, 0.4) is 0 Å². The van der Waals surface area contributed by atoms with E-state index in [1.165, 1.54) is 42.5 Å². The molecule has 2 N–H and O–H groups in total. The molecule has 1 saturated heterocycles. The maximum absolute atomic E-state index is 13.3. The first-order valence-electron chi connectivity index (χ1n) is 14.7. The van der Waals surface area contributed by atoms with Gasteiger partial charge in [-0.2, -0.15) is 0 Å². The van der Waals surface area contributed by atoms with Gasteiger partial charge in [-0.15, -0.1) is 0 Å². The number of benzene rings is 4. The van der Waals surface area contributed by atoms with E-state index in [0.717, 1.165) is 0 Å². The summed E-state index contributed by atoms with van der Waals surface area (Å²) in [5.41, 5.74) is 0.906. The minimum absolute atomic E-state index is 0.0815. The van der Waals surface area contributed by atoms with Crippen LogP contribution in [0.2, 0.25) is 0 Å². The average molecular weight is 636 g/mol. The fourth-order valence-corrected chi connectivity index (χ4v) is 5.08. The summed E-state index contributed by atoms with van der Waals surface area (Å²) in [6.45, 7) is -0.0815. The van der Waals surface area contributed by atoms with Crippen molar-refractivity contribution in [3.05, 3.63) is 148 Å². The smallest absolute Gasteiger partial charge is 0.340 e. The fraction of sp³-hybridized carbons (Fsp3) is 0.167. The minimum atomic E-state index is -1.60. The second-order valence-corrected chi connectivity index (χ2v) is 10.7. The van der Waals surface area contributed by atoms with Crippen molar-refractivity contribution < 1.29 is 42.9 Å². The number of esters is 3. The Morgan fingerprint density at radius 3 is 1.74 bits per heavy atom. The van der Waals surface area contributed by atoms with E-state index in [4.69, 9.17) is 23.4 Å². The molecule has 5 atom stereocenters. The average Bonchev–Trinajstić information content (AvgIpc) is 3.11. The predicted octanol–water partition coefficient (Wildman–Crippen LogP) is 4.60. The maximum atomic E-state index is 13.3. The third kappa shape index (κ3) is 7.38. The predicted molar refractivity (Wildman–Crippen MR) is 169 cm³/mol. The van der Waals surface area contributed by atoms with Gasteiger partial charge in [0.05, 0.1) is 16.7 Å². The molecule has 0 saturated carbocycles. The molecule has 1 aromatic heterocycles. The number of nitrogens with one attached hydrogen (secondary N) is 1. The number of hydrogen-bond acceptors (Lipinski definition) is 11. The molecule has 1 aliphatic rings. The lowest BCUT2D eigenvalue weighted by Gasteiger charge is -2.43. The van der Waals surface area contributed by atoms with Crippen LogP contribution in [-0.4, -0.2) is 60.3 Å². The van der Waals surface area contributed by atoms with Gasteiger partial charge >= 0.3 is 23.5 Å². The van der Waals surface area contributed by atoms with Crippen LogP contribution in [0.4, 0.5) is 5.69 Å². The second-order valence-electron chi connectivity index (χ2n) is 10.7. The molecule has 0 spiro atoms. The molecule has 2 heterocycles. The fourth-order valence-electron chi connectivity index (χ4n) is 5.08. The molecule has 0 aliphatic carbocycles. The molecule has 0 amide bonds. The number of rotatable bonds is 9. The summed E-state index contributed by atoms with van der Waals surface area (Å²) >= 11 is 0. The number of carbonyl (C=O) groups excluding carboxylic acids is 3. The van der Waals surface area contributed by atoms with Gasteiger partial charge in [-0.1, -0.05) is 54.6 Å². The van der Waals surface area contributed by atoms with E-state index in [1.54, 1.807) is 78.9 Å². The SMILES string of the molecule is O=C(OC1C(OC(=O)c2ccccc2)[C@@H](O)C(CNc2ccc3ccc(=O)oc3c2)O[C@H]1OC(=O)c1ccccc1)c1ccccc1. The highest BCUT2D eigenvalue weighted by molar-refractivity contribution is 5.91. The highest BCUT2D eigenvalue weighted by Crippen LogP contribution is 2.30. The summed E-state index contributed by atoms with van der Waals surface area (Å²) in [6, 6.07) is 32.3. The Bertz CT molecular complexity index is 1910. The molecule has 0 radical (unpaired) electrons. The standard InChI is InChI=1S/C36H29NO10/c38-29-19-17-22-16-18-26(20-27(22)43-29)37-21-28-30(39)31(45-33(40)23-10-4-1-5-11-23)32(46-34(41)24-12-6-2-7-13-24)36(44-28)47-35(42)25-14-8-3-9-15-25/h1-20,28,30-32,36-37,39H,21H2/t28?,30-,31?,32?,36-/m0/s1. The van der Waals surface area contributed by atoms with E-state index in [9.17, 15) is 24.3 Å². The minimum Gasteiger partial charge on any atom is -0.452 e. The van der Waals surface area contributed by atoms with Gasteiger partial charge in [-0.3, -0.25) is 0 Å². The van der Waals surface area contributed by atoms with Gasteiger partial charge in [0, 0.05) is 29.8 Å². The summed E-state index contributed by atoms with van der Waals surface area (Å²) in [5.74, 6) is -2.42. The van der Waals surface area contributed by atoms with Crippen molar-refractivity contribution in [2.75, 3.05) is 11.9 Å². The molecule has 3 unspecified atom stereocenters. The molecule has 1 fully saturated rings. The summed E-state index contributed by atoms with van der Waals surface area (Å²) in [5, 5.41) is 15.4. The Morgan fingerprint density at radius 2 is 1.17 bits per heavy atom. The zero-order valence-electron chi connectivity index (χ0n) is 24.8. The summed E-state index contributed by atoms with van der Waals surface area (Å²) < 4.78 is 28.7. The zero-order valence-corrected chi connectivity index (χ0v) is 24.8. The second kappa shape index (κ2) is 14.1. The Labute approximate surface area is 268 Å². The molecule has 4 aromatic carbocycles. The lowest BCUT2D eigenvalue weighted by atomic mass is 9.97. The first-order chi connectivity index (χ1) is 22.9. The number of aliphatic hydroxyl groups is 1. The van der Waals surface area contributed by atoms with E-state index in [1.807, 2.05) is 0 Å². The van der Waals surface area contributed by atoms with Crippen LogP contribution in [0.1, 0.15) is 31.1 Å². The number of ether oxygens (including phenoxy) is 4. The van der Waals surface area contributed by atoms with Crippen molar-refractivity contribution in [2.24, 2.45) is 0 Å². The van der Waals surface area contributed by atoms with Crippen LogP contribution in [0.5, 0.6) is 0 Å². The quantitative estimate of drug-likeness (QED) is 0.133. The Hall–Kier alpha value is -5.78. The molecule has 5 aromatic rings. The van der Waals surface area contributed by atoms with E-state index in [0.29, 0.717) is 16.7 Å². The lowest BCUT2D eigenvalue weighted by Crippen LogP contribution is -2.62. The van der Waals surface area contributed by atoms with Crippen molar-refractivity contribution in [2.45, 2.75) is 30.7 Å². The molecule has 238 valence electrons. The van der Waals surface area contributed by atoms with Crippen molar-refractivity contribution in [3.63, 3.8) is 0 Å². The highest BCUT2D eigenvalue weighted by atomic mass is 16.7. The number of anilines is 1. The van der Waals surface area contributed by atoms with Crippen LogP contribution in [-0.2, 0) is 18.9 Å². The number of carbonyl (C=O) groups is 3.